The summed E-state index contributed by atoms with van der Waals surface area (Å²) in [4.78, 5) is 11.9. The van der Waals surface area contributed by atoms with Crippen molar-refractivity contribution >= 4 is 29.0 Å². The van der Waals surface area contributed by atoms with E-state index in [1.54, 1.807) is 12.1 Å². The van der Waals surface area contributed by atoms with Crippen LogP contribution in [0.3, 0.4) is 0 Å². The van der Waals surface area contributed by atoms with Crippen LogP contribution in [0.1, 0.15) is 15.9 Å². The summed E-state index contributed by atoms with van der Waals surface area (Å²) in [6, 6.07) is 6.26. The minimum Gasteiger partial charge on any atom is -0.294 e. The number of hydrogen-bond acceptors (Lipinski definition) is 1. The van der Waals surface area contributed by atoms with Crippen molar-refractivity contribution in [1.82, 2.24) is 0 Å². The van der Waals surface area contributed by atoms with Crippen molar-refractivity contribution in [2.75, 3.05) is 0 Å². The van der Waals surface area contributed by atoms with E-state index < -0.39 is 28.8 Å². The van der Waals surface area contributed by atoms with Crippen molar-refractivity contribution < 1.29 is 18.0 Å². The van der Waals surface area contributed by atoms with Crippen molar-refractivity contribution in [2.45, 2.75) is 6.42 Å². The van der Waals surface area contributed by atoms with E-state index in [0.29, 0.717) is 11.6 Å². The van der Waals surface area contributed by atoms with Crippen LogP contribution in [0.25, 0.3) is 0 Å². The summed E-state index contributed by atoms with van der Waals surface area (Å²) in [5, 5.41) is 0.424. The zero-order valence-electron chi connectivity index (χ0n) is 9.89. The Balaban J connectivity index is 2.34. The fourth-order valence-corrected chi connectivity index (χ4v) is 2.08. The maximum atomic E-state index is 13.5. The van der Waals surface area contributed by atoms with Crippen molar-refractivity contribution in [2.24, 2.45) is 0 Å². The van der Waals surface area contributed by atoms with Crippen LogP contribution in [-0.2, 0) is 6.42 Å². The third kappa shape index (κ3) is 2.81. The van der Waals surface area contributed by atoms with Gasteiger partial charge in [-0.15, -0.1) is 0 Å². The number of hydrogen-bond donors (Lipinski definition) is 0. The number of halogens is 5. The number of ketones is 1. The summed E-state index contributed by atoms with van der Waals surface area (Å²) in [6.45, 7) is 0. The highest BCUT2D eigenvalue weighted by Crippen LogP contribution is 2.27. The molecule has 0 spiro atoms. The second-order valence-electron chi connectivity index (χ2n) is 4.04. The summed E-state index contributed by atoms with van der Waals surface area (Å²) < 4.78 is 39.4. The Morgan fingerprint density at radius 3 is 2.40 bits per heavy atom. The lowest BCUT2D eigenvalue weighted by Crippen LogP contribution is -2.09. The van der Waals surface area contributed by atoms with Crippen LogP contribution in [0, 0.1) is 17.5 Å². The van der Waals surface area contributed by atoms with Crippen LogP contribution in [0.5, 0.6) is 0 Å². The molecule has 0 aromatic heterocycles. The molecule has 0 atom stereocenters. The lowest BCUT2D eigenvalue weighted by Gasteiger charge is -2.07. The van der Waals surface area contributed by atoms with Gasteiger partial charge in [-0.2, -0.15) is 0 Å². The van der Waals surface area contributed by atoms with Gasteiger partial charge in [-0.25, -0.2) is 13.2 Å². The van der Waals surface area contributed by atoms with E-state index >= 15 is 0 Å². The highest BCUT2D eigenvalue weighted by atomic mass is 35.5. The maximum Gasteiger partial charge on any atom is 0.195 e. The molecule has 0 N–H and O–H groups in total. The summed E-state index contributed by atoms with van der Waals surface area (Å²) >= 11 is 11.7. The van der Waals surface area contributed by atoms with Crippen LogP contribution in [0.4, 0.5) is 13.2 Å². The highest BCUT2D eigenvalue weighted by Gasteiger charge is 2.19. The molecule has 2 aromatic carbocycles. The lowest BCUT2D eigenvalue weighted by atomic mass is 10.0. The average molecular weight is 319 g/mol. The molecule has 0 amide bonds. The first-order valence-electron chi connectivity index (χ1n) is 5.51. The second-order valence-corrected chi connectivity index (χ2v) is 4.82. The van der Waals surface area contributed by atoms with Crippen molar-refractivity contribution in [1.29, 1.82) is 0 Å². The van der Waals surface area contributed by atoms with E-state index in [1.807, 2.05) is 0 Å². The molecule has 0 fully saturated rings. The molecule has 0 aliphatic rings. The first-order chi connectivity index (χ1) is 9.41. The molecule has 0 heterocycles. The summed E-state index contributed by atoms with van der Waals surface area (Å²) in [7, 11) is 0. The van der Waals surface area contributed by atoms with Gasteiger partial charge in [-0.3, -0.25) is 4.79 Å². The normalized spacial score (nSPS) is 10.7. The number of rotatable bonds is 3. The molecule has 0 aliphatic carbocycles. The van der Waals surface area contributed by atoms with Gasteiger partial charge in [0.25, 0.3) is 0 Å². The van der Waals surface area contributed by atoms with Crippen molar-refractivity contribution in [3.8, 4) is 0 Å². The molecule has 1 nitrogen and oxygen atoms in total. The minimum atomic E-state index is -1.67. The maximum absolute atomic E-state index is 13.5. The fraction of sp³-hybridized carbons (Fsp3) is 0.0714. The Morgan fingerprint density at radius 1 is 1.00 bits per heavy atom. The van der Waals surface area contributed by atoms with E-state index in [0.717, 1.165) is 6.07 Å². The largest absolute Gasteiger partial charge is 0.294 e. The average Bonchev–Trinajstić information content (AvgIpc) is 2.41. The molecule has 0 bridgehead atoms. The van der Waals surface area contributed by atoms with E-state index in [2.05, 4.69) is 0 Å². The predicted molar refractivity (Wildman–Crippen MR) is 70.8 cm³/mol. The number of benzene rings is 2. The van der Waals surface area contributed by atoms with Gasteiger partial charge in [0, 0.05) is 6.42 Å². The fourth-order valence-electron chi connectivity index (χ4n) is 1.69. The number of carbonyl (C=O) groups excluding carboxylic acids is 1. The molecule has 104 valence electrons. The minimum absolute atomic E-state index is 0.172. The van der Waals surface area contributed by atoms with Gasteiger partial charge in [0.05, 0.1) is 15.6 Å². The summed E-state index contributed by atoms with van der Waals surface area (Å²) in [5.74, 6) is -5.24. The van der Waals surface area contributed by atoms with Crippen LogP contribution >= 0.6 is 23.2 Å². The summed E-state index contributed by atoms with van der Waals surface area (Å²) in [6.07, 6.45) is -0.263. The Kier molecular flexibility index (Phi) is 4.35. The molecular formula is C14H7Cl2F3O. The van der Waals surface area contributed by atoms with Gasteiger partial charge >= 0.3 is 0 Å². The van der Waals surface area contributed by atoms with E-state index in [1.165, 1.54) is 6.07 Å². The van der Waals surface area contributed by atoms with Gasteiger partial charge in [0.1, 0.15) is 0 Å². The lowest BCUT2D eigenvalue weighted by molar-refractivity contribution is 0.0988. The number of carbonyl (C=O) groups is 1. The predicted octanol–water partition coefficient (Wildman–Crippen LogP) is 4.84. The molecule has 6 heteroatoms. The van der Waals surface area contributed by atoms with Gasteiger partial charge in [-0.1, -0.05) is 35.3 Å². The van der Waals surface area contributed by atoms with Crippen molar-refractivity contribution in [3.63, 3.8) is 0 Å². The molecule has 0 aliphatic heterocycles. The SMILES string of the molecule is O=C(Cc1cccc(Cl)c1Cl)c1ccc(F)c(F)c1F. The first-order valence-corrected chi connectivity index (χ1v) is 6.27. The first kappa shape index (κ1) is 14.9. The molecule has 20 heavy (non-hydrogen) atoms. The van der Waals surface area contributed by atoms with Crippen molar-refractivity contribution in [3.05, 3.63) is 69.0 Å². The topological polar surface area (TPSA) is 17.1 Å². The molecule has 0 radical (unpaired) electrons. The zero-order chi connectivity index (χ0) is 14.9. The van der Waals surface area contributed by atoms with Crippen LogP contribution in [0.2, 0.25) is 10.0 Å². The van der Waals surface area contributed by atoms with E-state index in [4.69, 9.17) is 23.2 Å². The molecule has 0 unspecified atom stereocenters. The van der Waals surface area contributed by atoms with Crippen LogP contribution in [-0.4, -0.2) is 5.78 Å². The Hall–Kier alpha value is -1.52. The number of Topliss-reactive ketones (excluding diaryl/α,β-unsaturated/α-hetero) is 1. The monoisotopic (exact) mass is 318 g/mol. The Bertz CT molecular complexity index is 686. The Labute approximate surface area is 122 Å². The smallest absolute Gasteiger partial charge is 0.195 e. The molecule has 0 saturated carbocycles. The third-order valence-corrected chi connectivity index (χ3v) is 3.58. The second kappa shape index (κ2) is 5.85. The Morgan fingerprint density at radius 2 is 1.70 bits per heavy atom. The van der Waals surface area contributed by atoms with Crippen LogP contribution in [0.15, 0.2) is 30.3 Å². The van der Waals surface area contributed by atoms with E-state index in [9.17, 15) is 18.0 Å². The van der Waals surface area contributed by atoms with E-state index in [-0.39, 0.29) is 16.5 Å². The molecule has 0 saturated heterocycles. The molecule has 2 aromatic rings. The van der Waals surface area contributed by atoms with Gasteiger partial charge in [0.2, 0.25) is 0 Å². The highest BCUT2D eigenvalue weighted by molar-refractivity contribution is 6.42. The molecule has 2 rings (SSSR count). The van der Waals surface area contributed by atoms with Gasteiger partial charge in [-0.05, 0) is 23.8 Å². The van der Waals surface area contributed by atoms with Gasteiger partial charge < -0.3 is 0 Å². The quantitative estimate of drug-likeness (QED) is 0.585. The van der Waals surface area contributed by atoms with Gasteiger partial charge in [0.15, 0.2) is 23.2 Å². The summed E-state index contributed by atoms with van der Waals surface area (Å²) in [5.41, 5.74) is -0.145. The third-order valence-electron chi connectivity index (χ3n) is 2.72. The molecular weight excluding hydrogens is 312 g/mol. The zero-order valence-corrected chi connectivity index (χ0v) is 11.4. The van der Waals surface area contributed by atoms with Crippen LogP contribution < -0.4 is 0 Å². The standard InChI is InChI=1S/C14H7Cl2F3O/c15-9-3-1-2-7(12(9)16)6-11(20)8-4-5-10(17)14(19)13(8)18/h1-5H,6H2.